The van der Waals surface area contributed by atoms with Crippen LogP contribution in [0, 0.1) is 5.92 Å². The summed E-state index contributed by atoms with van der Waals surface area (Å²) in [6.45, 7) is 4.13. The Labute approximate surface area is 124 Å². The Hall–Kier alpha value is -1.62. The fraction of sp³-hybridized carbons (Fsp3) is 0.467. The summed E-state index contributed by atoms with van der Waals surface area (Å²) in [6.07, 6.45) is 2.38. The van der Waals surface area contributed by atoms with Gasteiger partial charge in [0, 0.05) is 11.1 Å². The largest absolute Gasteiger partial charge is 0.484 e. The highest BCUT2D eigenvalue weighted by molar-refractivity contribution is 7.80. The predicted molar refractivity (Wildman–Crippen MR) is 82.8 cm³/mol. The molecule has 2 rings (SSSR count). The van der Waals surface area contributed by atoms with Crippen molar-refractivity contribution in [3.8, 4) is 5.75 Å². The number of carbonyl (C=O) groups is 1. The third-order valence-corrected chi connectivity index (χ3v) is 3.80. The minimum atomic E-state index is -0.143. The van der Waals surface area contributed by atoms with Crippen LogP contribution in [0.5, 0.6) is 5.75 Å². The van der Waals surface area contributed by atoms with E-state index in [0.717, 1.165) is 5.56 Å². The van der Waals surface area contributed by atoms with Gasteiger partial charge < -0.3 is 15.8 Å². The fourth-order valence-electron chi connectivity index (χ4n) is 2.17. The molecule has 1 fully saturated rings. The molecule has 1 aliphatic rings. The second-order valence-electron chi connectivity index (χ2n) is 5.72. The molecule has 1 saturated carbocycles. The highest BCUT2D eigenvalue weighted by Crippen LogP contribution is 2.39. The van der Waals surface area contributed by atoms with Gasteiger partial charge in [0.2, 0.25) is 0 Å². The predicted octanol–water partition coefficient (Wildman–Crippen LogP) is 2.00. The van der Waals surface area contributed by atoms with E-state index in [0.29, 0.717) is 16.7 Å². The van der Waals surface area contributed by atoms with Crippen LogP contribution in [0.25, 0.3) is 0 Å². The van der Waals surface area contributed by atoms with Crippen LogP contribution in [0.4, 0.5) is 0 Å². The molecule has 0 aliphatic heterocycles. The van der Waals surface area contributed by atoms with Gasteiger partial charge in [-0.1, -0.05) is 12.2 Å². The van der Waals surface area contributed by atoms with Crippen molar-refractivity contribution in [2.24, 2.45) is 11.7 Å². The second-order valence-corrected chi connectivity index (χ2v) is 6.16. The number of rotatable bonds is 6. The summed E-state index contributed by atoms with van der Waals surface area (Å²) >= 11 is 4.87. The van der Waals surface area contributed by atoms with Crippen molar-refractivity contribution in [3.63, 3.8) is 0 Å². The first-order valence-electron chi connectivity index (χ1n) is 6.72. The molecular weight excluding hydrogens is 272 g/mol. The number of carbonyl (C=O) groups excluding carboxylic acids is 1. The van der Waals surface area contributed by atoms with Gasteiger partial charge in [0.15, 0.2) is 6.61 Å². The molecule has 0 radical (unpaired) electrons. The number of nitrogens with two attached hydrogens (primary N) is 1. The molecule has 20 heavy (non-hydrogen) atoms. The van der Waals surface area contributed by atoms with Crippen molar-refractivity contribution in [3.05, 3.63) is 29.8 Å². The number of thiocarbonyl (C=S) groups is 1. The van der Waals surface area contributed by atoms with E-state index in [-0.39, 0.29) is 18.1 Å². The van der Waals surface area contributed by atoms with Crippen molar-refractivity contribution in [1.82, 2.24) is 5.32 Å². The zero-order valence-corrected chi connectivity index (χ0v) is 12.6. The van der Waals surface area contributed by atoms with Crippen LogP contribution in [0.3, 0.4) is 0 Å². The lowest BCUT2D eigenvalue weighted by Crippen LogP contribution is -2.47. The van der Waals surface area contributed by atoms with E-state index >= 15 is 0 Å². The van der Waals surface area contributed by atoms with Crippen LogP contribution < -0.4 is 15.8 Å². The van der Waals surface area contributed by atoms with E-state index in [1.165, 1.54) is 12.8 Å². The van der Waals surface area contributed by atoms with E-state index < -0.39 is 0 Å². The minimum absolute atomic E-state index is 0.0164. The normalized spacial score (nSPS) is 14.7. The van der Waals surface area contributed by atoms with Crippen LogP contribution in [-0.2, 0) is 4.79 Å². The summed E-state index contributed by atoms with van der Waals surface area (Å²) in [6, 6.07) is 7.08. The Kier molecular flexibility index (Phi) is 4.28. The third-order valence-electron chi connectivity index (χ3n) is 3.57. The average molecular weight is 292 g/mol. The van der Waals surface area contributed by atoms with Gasteiger partial charge in [-0.05, 0) is 56.9 Å². The first kappa shape index (κ1) is 14.8. The van der Waals surface area contributed by atoms with E-state index in [9.17, 15) is 4.79 Å². The van der Waals surface area contributed by atoms with Crippen LogP contribution >= 0.6 is 12.2 Å². The van der Waals surface area contributed by atoms with Crippen molar-refractivity contribution < 1.29 is 9.53 Å². The second kappa shape index (κ2) is 5.79. The SMILES string of the molecule is CC(C)(NC(=O)COc1ccc(C(N)=S)cc1)C1CC1. The summed E-state index contributed by atoms with van der Waals surface area (Å²) < 4.78 is 5.45. The Morgan fingerprint density at radius 1 is 1.40 bits per heavy atom. The molecule has 0 unspecified atom stereocenters. The molecule has 0 atom stereocenters. The average Bonchev–Trinajstić information content (AvgIpc) is 3.21. The molecule has 1 aromatic carbocycles. The maximum absolute atomic E-state index is 11.9. The molecule has 0 heterocycles. The lowest BCUT2D eigenvalue weighted by atomic mass is 9.99. The zero-order valence-electron chi connectivity index (χ0n) is 11.8. The lowest BCUT2D eigenvalue weighted by molar-refractivity contribution is -0.124. The van der Waals surface area contributed by atoms with Gasteiger partial charge in [-0.3, -0.25) is 4.79 Å². The summed E-state index contributed by atoms with van der Waals surface area (Å²) in [7, 11) is 0. The molecule has 4 nitrogen and oxygen atoms in total. The Bertz CT molecular complexity index is 507. The van der Waals surface area contributed by atoms with Gasteiger partial charge in [-0.15, -0.1) is 0 Å². The van der Waals surface area contributed by atoms with Gasteiger partial charge in [-0.2, -0.15) is 0 Å². The molecular formula is C15H20N2O2S. The quantitative estimate of drug-likeness (QED) is 0.787. The van der Waals surface area contributed by atoms with Crippen LogP contribution in [0.2, 0.25) is 0 Å². The molecule has 3 N–H and O–H groups in total. The van der Waals surface area contributed by atoms with E-state index in [4.69, 9.17) is 22.7 Å². The molecule has 0 saturated heterocycles. The molecule has 0 aromatic heterocycles. The monoisotopic (exact) mass is 292 g/mol. The molecule has 5 heteroatoms. The number of benzene rings is 1. The number of amides is 1. The Morgan fingerprint density at radius 3 is 2.50 bits per heavy atom. The van der Waals surface area contributed by atoms with Gasteiger partial charge in [0.25, 0.3) is 5.91 Å². The third kappa shape index (κ3) is 3.93. The summed E-state index contributed by atoms with van der Waals surface area (Å²) in [5.41, 5.74) is 6.16. The Morgan fingerprint density at radius 2 is 2.00 bits per heavy atom. The van der Waals surface area contributed by atoms with Gasteiger partial charge >= 0.3 is 0 Å². The summed E-state index contributed by atoms with van der Waals surface area (Å²) in [4.78, 5) is 12.2. The molecule has 0 spiro atoms. The van der Waals surface area contributed by atoms with Gasteiger partial charge in [-0.25, -0.2) is 0 Å². The summed E-state index contributed by atoms with van der Waals surface area (Å²) in [5.74, 6) is 1.13. The Balaban J connectivity index is 1.82. The van der Waals surface area contributed by atoms with Crippen LogP contribution in [-0.4, -0.2) is 23.0 Å². The van der Waals surface area contributed by atoms with Crippen molar-refractivity contribution in [2.75, 3.05) is 6.61 Å². The van der Waals surface area contributed by atoms with Gasteiger partial charge in [0.05, 0.1) is 0 Å². The van der Waals surface area contributed by atoms with Crippen molar-refractivity contribution in [2.45, 2.75) is 32.2 Å². The number of hydrogen-bond donors (Lipinski definition) is 2. The molecule has 0 bridgehead atoms. The number of ether oxygens (including phenoxy) is 1. The van der Waals surface area contributed by atoms with Crippen LogP contribution in [0.15, 0.2) is 24.3 Å². The maximum atomic E-state index is 11.9. The van der Waals surface area contributed by atoms with Gasteiger partial charge in [0.1, 0.15) is 10.7 Å². The highest BCUT2D eigenvalue weighted by Gasteiger charge is 2.38. The first-order valence-corrected chi connectivity index (χ1v) is 7.13. The summed E-state index contributed by atoms with van der Waals surface area (Å²) in [5, 5.41) is 3.01. The fourth-order valence-corrected chi connectivity index (χ4v) is 2.30. The molecule has 108 valence electrons. The number of hydrogen-bond acceptors (Lipinski definition) is 3. The van der Waals surface area contributed by atoms with E-state index in [2.05, 4.69) is 19.2 Å². The molecule has 1 amide bonds. The smallest absolute Gasteiger partial charge is 0.258 e. The van der Waals surface area contributed by atoms with E-state index in [1.807, 2.05) is 0 Å². The molecule has 1 aromatic rings. The lowest BCUT2D eigenvalue weighted by Gasteiger charge is -2.26. The molecule has 1 aliphatic carbocycles. The number of nitrogens with one attached hydrogen (secondary N) is 1. The zero-order chi connectivity index (χ0) is 14.8. The highest BCUT2D eigenvalue weighted by atomic mass is 32.1. The maximum Gasteiger partial charge on any atom is 0.258 e. The first-order chi connectivity index (χ1) is 9.38. The van der Waals surface area contributed by atoms with Crippen molar-refractivity contribution in [1.29, 1.82) is 0 Å². The topological polar surface area (TPSA) is 64.3 Å². The van der Waals surface area contributed by atoms with Crippen LogP contribution in [0.1, 0.15) is 32.3 Å². The van der Waals surface area contributed by atoms with Crippen molar-refractivity contribution >= 4 is 23.1 Å². The van der Waals surface area contributed by atoms with E-state index in [1.54, 1.807) is 24.3 Å². The minimum Gasteiger partial charge on any atom is -0.484 e. The standard InChI is InChI=1S/C15H20N2O2S/c1-15(2,11-5-6-11)17-13(18)9-19-12-7-3-10(4-8-12)14(16)20/h3-4,7-8,11H,5-6,9H2,1-2H3,(H2,16,20)(H,17,18).